The van der Waals surface area contributed by atoms with E-state index in [2.05, 4.69) is 5.10 Å². The molecular formula is C17H18ClN3O3. The topological polar surface area (TPSA) is 64.4 Å². The maximum atomic E-state index is 12.6. The first-order valence-electron chi connectivity index (χ1n) is 7.62. The Labute approximate surface area is 145 Å². The Morgan fingerprint density at radius 3 is 2.83 bits per heavy atom. The molecule has 0 bridgehead atoms. The quantitative estimate of drug-likeness (QED) is 0.778. The van der Waals surface area contributed by atoms with Crippen LogP contribution in [0.5, 0.6) is 5.75 Å². The van der Waals surface area contributed by atoms with Crippen LogP contribution in [-0.2, 0) is 29.6 Å². The fourth-order valence-corrected chi connectivity index (χ4v) is 3.17. The molecular weight excluding hydrogens is 330 g/mol. The SMILES string of the molecule is COc1ccc(Cl)cc1CN1C(=O)C[C@@H](Cc2cnn(C)c2)C1=O. The number of halogens is 1. The van der Waals surface area contributed by atoms with Crippen molar-refractivity contribution in [3.63, 3.8) is 0 Å². The molecule has 0 saturated carbocycles. The van der Waals surface area contributed by atoms with E-state index in [1.807, 2.05) is 13.2 Å². The Hall–Kier alpha value is -2.34. The number of hydrogen-bond acceptors (Lipinski definition) is 4. The van der Waals surface area contributed by atoms with Crippen molar-refractivity contribution in [3.8, 4) is 5.75 Å². The summed E-state index contributed by atoms with van der Waals surface area (Å²) in [6.07, 6.45) is 4.32. The van der Waals surface area contributed by atoms with E-state index >= 15 is 0 Å². The molecule has 1 aliphatic rings. The Balaban J connectivity index is 1.76. The van der Waals surface area contributed by atoms with E-state index in [4.69, 9.17) is 16.3 Å². The van der Waals surface area contributed by atoms with E-state index < -0.39 is 0 Å². The summed E-state index contributed by atoms with van der Waals surface area (Å²) < 4.78 is 6.97. The first-order valence-corrected chi connectivity index (χ1v) is 8.00. The summed E-state index contributed by atoms with van der Waals surface area (Å²) in [7, 11) is 3.37. The first-order chi connectivity index (χ1) is 11.5. The van der Waals surface area contributed by atoms with E-state index in [0.29, 0.717) is 22.8 Å². The van der Waals surface area contributed by atoms with Crippen molar-refractivity contribution in [3.05, 3.63) is 46.7 Å². The van der Waals surface area contributed by atoms with E-state index in [-0.39, 0.29) is 30.7 Å². The van der Waals surface area contributed by atoms with Gasteiger partial charge in [-0.05, 0) is 30.2 Å². The molecule has 6 nitrogen and oxygen atoms in total. The van der Waals surface area contributed by atoms with Crippen molar-refractivity contribution in [1.29, 1.82) is 0 Å². The van der Waals surface area contributed by atoms with Gasteiger partial charge in [-0.1, -0.05) is 11.6 Å². The van der Waals surface area contributed by atoms with Gasteiger partial charge >= 0.3 is 0 Å². The molecule has 7 heteroatoms. The minimum Gasteiger partial charge on any atom is -0.496 e. The summed E-state index contributed by atoms with van der Waals surface area (Å²) in [6.45, 7) is 0.172. The molecule has 3 rings (SSSR count). The van der Waals surface area contributed by atoms with Crippen molar-refractivity contribution in [2.75, 3.05) is 7.11 Å². The predicted octanol–water partition coefficient (Wildman–Crippen LogP) is 2.20. The number of likely N-dealkylation sites (tertiary alicyclic amines) is 1. The zero-order valence-corrected chi connectivity index (χ0v) is 14.3. The Kier molecular flexibility index (Phi) is 4.57. The monoisotopic (exact) mass is 347 g/mol. The van der Waals surface area contributed by atoms with Crippen LogP contribution in [0.4, 0.5) is 0 Å². The number of aromatic nitrogens is 2. The van der Waals surface area contributed by atoms with Crippen molar-refractivity contribution in [1.82, 2.24) is 14.7 Å². The van der Waals surface area contributed by atoms with Crippen molar-refractivity contribution >= 4 is 23.4 Å². The molecule has 1 aromatic heterocycles. The molecule has 126 valence electrons. The van der Waals surface area contributed by atoms with Gasteiger partial charge in [0, 0.05) is 30.3 Å². The van der Waals surface area contributed by atoms with Crippen molar-refractivity contribution in [2.24, 2.45) is 13.0 Å². The van der Waals surface area contributed by atoms with Gasteiger partial charge in [-0.25, -0.2) is 0 Å². The molecule has 1 atom stereocenters. The lowest BCUT2D eigenvalue weighted by atomic mass is 10.0. The number of benzene rings is 1. The van der Waals surface area contributed by atoms with Gasteiger partial charge in [0.1, 0.15) is 5.75 Å². The van der Waals surface area contributed by atoms with Gasteiger partial charge in [-0.15, -0.1) is 0 Å². The predicted molar refractivity (Wildman–Crippen MR) is 88.6 cm³/mol. The lowest BCUT2D eigenvalue weighted by molar-refractivity contribution is -0.140. The normalized spacial score (nSPS) is 17.6. The molecule has 1 saturated heterocycles. The van der Waals surface area contributed by atoms with Crippen LogP contribution in [0.2, 0.25) is 5.02 Å². The smallest absolute Gasteiger partial charge is 0.233 e. The molecule has 2 aromatic rings. The zero-order chi connectivity index (χ0) is 17.3. The number of amides is 2. The van der Waals surface area contributed by atoms with Crippen LogP contribution < -0.4 is 4.74 Å². The lowest BCUT2D eigenvalue weighted by Crippen LogP contribution is -2.30. The highest BCUT2D eigenvalue weighted by atomic mass is 35.5. The van der Waals surface area contributed by atoms with E-state index in [0.717, 1.165) is 5.56 Å². The fraction of sp³-hybridized carbons (Fsp3) is 0.353. The van der Waals surface area contributed by atoms with Gasteiger partial charge in [-0.3, -0.25) is 19.2 Å². The standard InChI is InChI=1S/C17H18ClN3O3/c1-20-9-11(8-19-20)5-12-7-16(22)21(17(12)23)10-13-6-14(18)3-4-15(13)24-2/h3-4,6,8-9,12H,5,7,10H2,1-2H3/t12-/m1/s1. The summed E-state index contributed by atoms with van der Waals surface area (Å²) >= 11 is 6.02. The van der Waals surface area contributed by atoms with Crippen molar-refractivity contribution in [2.45, 2.75) is 19.4 Å². The molecule has 1 fully saturated rings. The molecule has 0 aliphatic carbocycles. The molecule has 0 N–H and O–H groups in total. The van der Waals surface area contributed by atoms with Crippen LogP contribution in [0, 0.1) is 5.92 Å². The second-order valence-corrected chi connectivity index (χ2v) is 6.34. The van der Waals surface area contributed by atoms with Crippen LogP contribution >= 0.6 is 11.6 Å². The summed E-state index contributed by atoms with van der Waals surface area (Å²) in [5.41, 5.74) is 1.67. The van der Waals surface area contributed by atoms with Crippen molar-refractivity contribution < 1.29 is 14.3 Å². The highest BCUT2D eigenvalue weighted by molar-refractivity contribution is 6.30. The van der Waals surface area contributed by atoms with Gasteiger partial charge < -0.3 is 4.74 Å². The number of nitrogens with zero attached hydrogens (tertiary/aromatic N) is 3. The number of carbonyl (C=O) groups excluding carboxylic acids is 2. The van der Waals surface area contributed by atoms with Crippen LogP contribution in [0.15, 0.2) is 30.6 Å². The average Bonchev–Trinajstić information content (AvgIpc) is 3.06. The molecule has 1 aliphatic heterocycles. The number of carbonyl (C=O) groups is 2. The van der Waals surface area contributed by atoms with Gasteiger partial charge in [0.25, 0.3) is 0 Å². The first kappa shape index (κ1) is 16.5. The number of imide groups is 1. The van der Waals surface area contributed by atoms with Gasteiger partial charge in [-0.2, -0.15) is 5.10 Å². The van der Waals surface area contributed by atoms with Crippen LogP contribution in [0.25, 0.3) is 0 Å². The lowest BCUT2D eigenvalue weighted by Gasteiger charge is -2.17. The number of aryl methyl sites for hydroxylation is 1. The minimum absolute atomic E-state index is 0.161. The van der Waals surface area contributed by atoms with Crippen LogP contribution in [0.1, 0.15) is 17.5 Å². The second kappa shape index (κ2) is 6.65. The summed E-state index contributed by atoms with van der Waals surface area (Å²) in [5, 5.41) is 4.64. The van der Waals surface area contributed by atoms with E-state index in [1.165, 1.54) is 4.90 Å². The molecule has 1 aromatic carbocycles. The van der Waals surface area contributed by atoms with E-state index in [9.17, 15) is 9.59 Å². The molecule has 24 heavy (non-hydrogen) atoms. The van der Waals surface area contributed by atoms with Gasteiger partial charge in [0.2, 0.25) is 11.8 Å². The summed E-state index contributed by atoms with van der Waals surface area (Å²) in [6, 6.07) is 5.16. The third-order valence-electron chi connectivity index (χ3n) is 4.15. The molecule has 2 heterocycles. The Bertz CT molecular complexity index is 787. The number of methoxy groups -OCH3 is 1. The highest BCUT2D eigenvalue weighted by Crippen LogP contribution is 2.29. The fourth-order valence-electron chi connectivity index (χ4n) is 2.98. The molecule has 0 spiro atoms. The number of hydrogen-bond donors (Lipinski definition) is 0. The number of rotatable bonds is 5. The van der Waals surface area contributed by atoms with E-state index in [1.54, 1.807) is 36.2 Å². The molecule has 0 radical (unpaired) electrons. The zero-order valence-electron chi connectivity index (χ0n) is 13.5. The summed E-state index contributed by atoms with van der Waals surface area (Å²) in [4.78, 5) is 26.2. The maximum Gasteiger partial charge on any atom is 0.233 e. The van der Waals surface area contributed by atoms with Crippen LogP contribution in [-0.4, -0.2) is 33.6 Å². The maximum absolute atomic E-state index is 12.6. The second-order valence-electron chi connectivity index (χ2n) is 5.90. The number of ether oxygens (including phenoxy) is 1. The van der Waals surface area contributed by atoms with Crippen LogP contribution in [0.3, 0.4) is 0 Å². The Morgan fingerprint density at radius 2 is 2.17 bits per heavy atom. The molecule has 2 amide bonds. The Morgan fingerprint density at radius 1 is 1.38 bits per heavy atom. The highest BCUT2D eigenvalue weighted by Gasteiger charge is 2.38. The summed E-state index contributed by atoms with van der Waals surface area (Å²) in [5.74, 6) is -0.0654. The minimum atomic E-state index is -0.341. The third kappa shape index (κ3) is 3.28. The third-order valence-corrected chi connectivity index (χ3v) is 4.38. The van der Waals surface area contributed by atoms with Gasteiger partial charge in [0.05, 0.1) is 25.8 Å². The van der Waals surface area contributed by atoms with Gasteiger partial charge in [0.15, 0.2) is 0 Å². The average molecular weight is 348 g/mol. The largest absolute Gasteiger partial charge is 0.496 e. The molecule has 0 unspecified atom stereocenters.